The van der Waals surface area contributed by atoms with Crippen LogP contribution in [-0.4, -0.2) is 41.2 Å². The number of halogens is 2. The van der Waals surface area contributed by atoms with Gasteiger partial charge in [-0.1, -0.05) is 23.2 Å². The maximum atomic E-state index is 12.4. The van der Waals surface area contributed by atoms with Crippen LogP contribution in [0.1, 0.15) is 12.1 Å². The number of ether oxygens (including phenoxy) is 2. The predicted octanol–water partition coefficient (Wildman–Crippen LogP) is 3.06. The summed E-state index contributed by atoms with van der Waals surface area (Å²) in [5, 5.41) is 0.864. The van der Waals surface area contributed by atoms with Crippen LogP contribution in [0.4, 0.5) is 0 Å². The summed E-state index contributed by atoms with van der Waals surface area (Å²) in [6.45, 7) is 2.76. The summed E-state index contributed by atoms with van der Waals surface area (Å²) in [5.74, 6) is 0.795. The Bertz CT molecular complexity index is 913. The van der Waals surface area contributed by atoms with E-state index in [1.54, 1.807) is 34.7 Å². The Morgan fingerprint density at radius 3 is 2.74 bits per heavy atom. The molecular weight excluding hydrogens is 391 g/mol. The molecule has 1 aliphatic rings. The van der Waals surface area contributed by atoms with E-state index in [0.29, 0.717) is 41.1 Å². The zero-order valence-corrected chi connectivity index (χ0v) is 16.6. The zero-order valence-electron chi connectivity index (χ0n) is 15.1. The second-order valence-corrected chi connectivity index (χ2v) is 7.31. The summed E-state index contributed by atoms with van der Waals surface area (Å²) < 4.78 is 12.9. The van der Waals surface area contributed by atoms with Gasteiger partial charge in [0.05, 0.1) is 11.6 Å². The van der Waals surface area contributed by atoms with Gasteiger partial charge in [-0.15, -0.1) is 0 Å². The number of aryl methyl sites for hydroxylation is 1. The van der Waals surface area contributed by atoms with Gasteiger partial charge in [0.25, 0.3) is 11.5 Å². The van der Waals surface area contributed by atoms with Crippen LogP contribution in [0.15, 0.2) is 35.1 Å². The molecule has 27 heavy (non-hydrogen) atoms. The van der Waals surface area contributed by atoms with Crippen molar-refractivity contribution in [1.29, 1.82) is 0 Å². The SMILES string of the molecule is Cc1cc(OC2CCN(C(=O)COc3ccc(Cl)cc3Cl)C2)cc(=O)n1C. The lowest BCUT2D eigenvalue weighted by Gasteiger charge is -2.18. The van der Waals surface area contributed by atoms with Gasteiger partial charge < -0.3 is 18.9 Å². The van der Waals surface area contributed by atoms with Crippen molar-refractivity contribution in [3.63, 3.8) is 0 Å². The predicted molar refractivity (Wildman–Crippen MR) is 104 cm³/mol. The number of nitrogens with zero attached hydrogens (tertiary/aromatic N) is 2. The molecule has 0 bridgehead atoms. The van der Waals surface area contributed by atoms with Crippen molar-refractivity contribution in [2.24, 2.45) is 7.05 Å². The van der Waals surface area contributed by atoms with Crippen molar-refractivity contribution in [2.45, 2.75) is 19.4 Å². The highest BCUT2D eigenvalue weighted by molar-refractivity contribution is 6.35. The van der Waals surface area contributed by atoms with Crippen LogP contribution >= 0.6 is 23.2 Å². The standard InChI is InChI=1S/C19H20Cl2N2O4/c1-12-7-15(9-18(24)22(12)2)27-14-5-6-23(10-14)19(25)11-26-17-4-3-13(20)8-16(17)21/h3-4,7-9,14H,5-6,10-11H2,1-2H3. The quantitative estimate of drug-likeness (QED) is 0.759. The molecular formula is C19H20Cl2N2O4. The molecule has 0 aliphatic carbocycles. The Kier molecular flexibility index (Phi) is 5.97. The number of carbonyl (C=O) groups is 1. The third-order valence-electron chi connectivity index (χ3n) is 4.52. The third kappa shape index (κ3) is 4.76. The summed E-state index contributed by atoms with van der Waals surface area (Å²) in [5.41, 5.74) is 0.695. The number of amides is 1. The van der Waals surface area contributed by atoms with Crippen LogP contribution < -0.4 is 15.0 Å². The maximum Gasteiger partial charge on any atom is 0.260 e. The molecule has 2 aromatic rings. The van der Waals surface area contributed by atoms with Crippen LogP contribution in [-0.2, 0) is 11.8 Å². The van der Waals surface area contributed by atoms with Gasteiger partial charge in [-0.2, -0.15) is 0 Å². The number of hydrogen-bond donors (Lipinski definition) is 0. The first-order valence-electron chi connectivity index (χ1n) is 8.53. The summed E-state index contributed by atoms with van der Waals surface area (Å²) in [6, 6.07) is 8.13. The molecule has 0 spiro atoms. The lowest BCUT2D eigenvalue weighted by molar-refractivity contribution is -0.132. The number of hydrogen-bond acceptors (Lipinski definition) is 4. The minimum Gasteiger partial charge on any atom is -0.488 e. The normalized spacial score (nSPS) is 16.4. The molecule has 1 saturated heterocycles. The van der Waals surface area contributed by atoms with E-state index in [1.807, 2.05) is 13.0 Å². The van der Waals surface area contributed by atoms with Crippen LogP contribution in [0.5, 0.6) is 11.5 Å². The highest BCUT2D eigenvalue weighted by Gasteiger charge is 2.28. The van der Waals surface area contributed by atoms with Gasteiger partial charge in [0, 0.05) is 36.8 Å². The van der Waals surface area contributed by atoms with Crippen LogP contribution in [0.2, 0.25) is 10.0 Å². The van der Waals surface area contributed by atoms with Gasteiger partial charge >= 0.3 is 0 Å². The maximum absolute atomic E-state index is 12.4. The van der Waals surface area contributed by atoms with Crippen LogP contribution in [0, 0.1) is 6.92 Å². The first kappa shape index (κ1) is 19.6. The van der Waals surface area contributed by atoms with Gasteiger partial charge in [-0.3, -0.25) is 9.59 Å². The van der Waals surface area contributed by atoms with Crippen molar-refractivity contribution in [3.05, 3.63) is 56.4 Å². The summed E-state index contributed by atoms with van der Waals surface area (Å²) in [6.07, 6.45) is 0.543. The van der Waals surface area contributed by atoms with E-state index in [0.717, 1.165) is 5.69 Å². The minimum absolute atomic E-state index is 0.112. The third-order valence-corrected chi connectivity index (χ3v) is 5.05. The van der Waals surface area contributed by atoms with E-state index in [4.69, 9.17) is 32.7 Å². The fourth-order valence-corrected chi connectivity index (χ4v) is 3.33. The molecule has 1 aromatic heterocycles. The number of carbonyl (C=O) groups excluding carboxylic acids is 1. The first-order valence-corrected chi connectivity index (χ1v) is 9.29. The molecule has 1 amide bonds. The van der Waals surface area contributed by atoms with Crippen molar-refractivity contribution >= 4 is 29.1 Å². The lowest BCUT2D eigenvalue weighted by Crippen LogP contribution is -2.34. The van der Waals surface area contributed by atoms with E-state index >= 15 is 0 Å². The molecule has 8 heteroatoms. The summed E-state index contributed by atoms with van der Waals surface area (Å²) in [7, 11) is 1.71. The second kappa shape index (κ2) is 8.23. The van der Waals surface area contributed by atoms with Gasteiger partial charge in [0.2, 0.25) is 0 Å². The molecule has 2 heterocycles. The smallest absolute Gasteiger partial charge is 0.260 e. The molecule has 3 rings (SSSR count). The molecule has 6 nitrogen and oxygen atoms in total. The Morgan fingerprint density at radius 2 is 2.04 bits per heavy atom. The number of aromatic nitrogens is 1. The van der Waals surface area contributed by atoms with E-state index in [9.17, 15) is 9.59 Å². The van der Waals surface area contributed by atoms with Crippen molar-refractivity contribution in [3.8, 4) is 11.5 Å². The van der Waals surface area contributed by atoms with Gasteiger partial charge in [-0.25, -0.2) is 0 Å². The Balaban J connectivity index is 1.54. The van der Waals surface area contributed by atoms with Crippen LogP contribution in [0.3, 0.4) is 0 Å². The van der Waals surface area contributed by atoms with E-state index in [-0.39, 0.29) is 24.2 Å². The van der Waals surface area contributed by atoms with Crippen LogP contribution in [0.25, 0.3) is 0 Å². The first-order chi connectivity index (χ1) is 12.8. The highest BCUT2D eigenvalue weighted by Crippen LogP contribution is 2.27. The average molecular weight is 411 g/mol. The fraction of sp³-hybridized carbons (Fsp3) is 0.368. The summed E-state index contributed by atoms with van der Waals surface area (Å²) in [4.78, 5) is 25.9. The largest absolute Gasteiger partial charge is 0.488 e. The molecule has 0 saturated carbocycles. The van der Waals surface area contributed by atoms with Gasteiger partial charge in [0.15, 0.2) is 6.61 Å². The fourth-order valence-electron chi connectivity index (χ4n) is 2.87. The minimum atomic E-state index is -0.153. The molecule has 1 atom stereocenters. The molecule has 1 aliphatic heterocycles. The van der Waals surface area contributed by atoms with Gasteiger partial charge in [0.1, 0.15) is 17.6 Å². The van der Waals surface area contributed by atoms with E-state index in [2.05, 4.69) is 0 Å². The molecule has 1 fully saturated rings. The number of pyridine rings is 1. The molecule has 1 aromatic carbocycles. The second-order valence-electron chi connectivity index (χ2n) is 6.46. The number of rotatable bonds is 5. The highest BCUT2D eigenvalue weighted by atomic mass is 35.5. The molecule has 0 radical (unpaired) electrons. The van der Waals surface area contributed by atoms with E-state index in [1.165, 1.54) is 6.07 Å². The molecule has 144 valence electrons. The lowest BCUT2D eigenvalue weighted by atomic mass is 10.3. The van der Waals surface area contributed by atoms with E-state index < -0.39 is 0 Å². The number of likely N-dealkylation sites (tertiary alicyclic amines) is 1. The van der Waals surface area contributed by atoms with Crippen molar-refractivity contribution in [2.75, 3.05) is 19.7 Å². The summed E-state index contributed by atoms with van der Waals surface area (Å²) >= 11 is 11.9. The average Bonchev–Trinajstić information content (AvgIpc) is 3.07. The van der Waals surface area contributed by atoms with Crippen molar-refractivity contribution in [1.82, 2.24) is 9.47 Å². The Labute approximate surface area is 167 Å². The van der Waals surface area contributed by atoms with Gasteiger partial charge in [-0.05, 0) is 31.2 Å². The molecule has 1 unspecified atom stereocenters. The zero-order chi connectivity index (χ0) is 19.6. The molecule has 0 N–H and O–H groups in total. The monoisotopic (exact) mass is 410 g/mol. The Morgan fingerprint density at radius 1 is 1.26 bits per heavy atom. The number of benzene rings is 1. The van der Waals surface area contributed by atoms with Crippen molar-refractivity contribution < 1.29 is 14.3 Å². The Hall–Kier alpha value is -2.18. The topological polar surface area (TPSA) is 60.8 Å².